The van der Waals surface area contributed by atoms with Crippen LogP contribution in [-0.4, -0.2) is 22.0 Å². The molecular formula is C14H17N5OS. The molecule has 0 bridgehead atoms. The first-order valence-electron chi connectivity index (χ1n) is 6.83. The monoisotopic (exact) mass is 303 g/mol. The number of nitrogens with zero attached hydrogens (tertiary/aromatic N) is 3. The normalized spacial score (nSPS) is 11.0. The van der Waals surface area contributed by atoms with Crippen LogP contribution in [0.4, 0.5) is 11.8 Å². The van der Waals surface area contributed by atoms with Crippen LogP contribution < -0.4 is 10.6 Å². The summed E-state index contributed by atoms with van der Waals surface area (Å²) in [4.78, 5) is 15.5. The van der Waals surface area contributed by atoms with Gasteiger partial charge in [0.05, 0.1) is 18.1 Å². The van der Waals surface area contributed by atoms with Crippen LogP contribution in [0.3, 0.4) is 0 Å². The zero-order valence-electron chi connectivity index (χ0n) is 12.2. The van der Waals surface area contributed by atoms with Crippen molar-refractivity contribution in [3.8, 4) is 0 Å². The Labute approximate surface area is 126 Å². The molecule has 110 valence electrons. The highest BCUT2D eigenvalue weighted by Crippen LogP contribution is 2.30. The van der Waals surface area contributed by atoms with Gasteiger partial charge in [0.15, 0.2) is 0 Å². The lowest BCUT2D eigenvalue weighted by Crippen LogP contribution is -2.05. The van der Waals surface area contributed by atoms with E-state index in [9.17, 15) is 0 Å². The minimum absolute atomic E-state index is 0.500. The highest BCUT2D eigenvalue weighted by Gasteiger charge is 2.11. The third-order valence-corrected chi connectivity index (χ3v) is 4.27. The molecule has 7 heteroatoms. The topological polar surface area (TPSA) is 75.9 Å². The second kappa shape index (κ2) is 5.69. The van der Waals surface area contributed by atoms with Crippen LogP contribution in [0.1, 0.15) is 23.5 Å². The Bertz CT molecular complexity index is 764. The van der Waals surface area contributed by atoms with Gasteiger partial charge in [0.25, 0.3) is 0 Å². The van der Waals surface area contributed by atoms with Gasteiger partial charge in [0, 0.05) is 11.9 Å². The average Bonchev–Trinajstić information content (AvgIpc) is 3.10. The Morgan fingerprint density at radius 3 is 2.86 bits per heavy atom. The molecule has 0 aromatic carbocycles. The number of aryl methyl sites for hydroxylation is 2. The van der Waals surface area contributed by atoms with Gasteiger partial charge < -0.3 is 15.1 Å². The smallest absolute Gasteiger partial charge is 0.225 e. The van der Waals surface area contributed by atoms with Crippen LogP contribution in [0.25, 0.3) is 10.2 Å². The van der Waals surface area contributed by atoms with Gasteiger partial charge in [-0.2, -0.15) is 4.98 Å². The summed E-state index contributed by atoms with van der Waals surface area (Å²) in [5, 5.41) is 7.32. The van der Waals surface area contributed by atoms with Crippen molar-refractivity contribution in [2.45, 2.75) is 26.8 Å². The van der Waals surface area contributed by atoms with E-state index < -0.39 is 0 Å². The molecular weight excluding hydrogens is 286 g/mol. The van der Waals surface area contributed by atoms with Crippen molar-refractivity contribution in [1.29, 1.82) is 0 Å². The number of hydrogen-bond donors (Lipinski definition) is 2. The number of nitrogens with one attached hydrogen (secondary N) is 2. The summed E-state index contributed by atoms with van der Waals surface area (Å²) in [5.41, 5.74) is 0. The third kappa shape index (κ3) is 2.82. The second-order valence-electron chi connectivity index (χ2n) is 4.65. The fourth-order valence-electron chi connectivity index (χ4n) is 2.03. The zero-order chi connectivity index (χ0) is 14.8. The molecule has 0 aliphatic rings. The Morgan fingerprint density at radius 2 is 2.19 bits per heavy atom. The van der Waals surface area contributed by atoms with Crippen molar-refractivity contribution in [3.63, 3.8) is 0 Å². The zero-order valence-corrected chi connectivity index (χ0v) is 13.0. The Kier molecular flexibility index (Phi) is 3.74. The lowest BCUT2D eigenvalue weighted by atomic mass is 10.3. The van der Waals surface area contributed by atoms with Gasteiger partial charge in [-0.25, -0.2) is 9.97 Å². The summed E-state index contributed by atoms with van der Waals surface area (Å²) in [6, 6.07) is 2.14. The molecule has 0 aliphatic heterocycles. The molecule has 0 unspecified atom stereocenters. The van der Waals surface area contributed by atoms with Crippen molar-refractivity contribution in [2.24, 2.45) is 0 Å². The maximum absolute atomic E-state index is 5.47. The van der Waals surface area contributed by atoms with Gasteiger partial charge in [0.1, 0.15) is 16.4 Å². The molecule has 0 saturated heterocycles. The SMILES string of the molecule is CCc1cc2c(NCc3ncc(C)o3)nc(NC)nc2s1. The number of aromatic nitrogens is 3. The molecule has 6 nitrogen and oxygen atoms in total. The summed E-state index contributed by atoms with van der Waals surface area (Å²) in [6.07, 6.45) is 2.71. The standard InChI is InChI=1S/C14H17N5OS/c1-4-9-5-10-12(17-7-11-16-6-8(2)20-11)18-14(15-3)19-13(10)21-9/h5-6H,4,7H2,1-3H3,(H2,15,17,18,19). The van der Waals surface area contributed by atoms with Crippen LogP contribution in [0.15, 0.2) is 16.7 Å². The van der Waals surface area contributed by atoms with E-state index in [-0.39, 0.29) is 0 Å². The van der Waals surface area contributed by atoms with Crippen molar-refractivity contribution in [2.75, 3.05) is 17.7 Å². The van der Waals surface area contributed by atoms with E-state index in [0.29, 0.717) is 18.4 Å². The molecule has 21 heavy (non-hydrogen) atoms. The first kappa shape index (κ1) is 13.8. The molecule has 3 aromatic rings. The van der Waals surface area contributed by atoms with E-state index in [4.69, 9.17) is 4.42 Å². The average molecular weight is 303 g/mol. The van der Waals surface area contributed by atoms with Crippen LogP contribution in [0.2, 0.25) is 0 Å². The van der Waals surface area contributed by atoms with Crippen LogP contribution in [-0.2, 0) is 13.0 Å². The van der Waals surface area contributed by atoms with Gasteiger partial charge in [-0.15, -0.1) is 11.3 Å². The number of hydrogen-bond acceptors (Lipinski definition) is 7. The molecule has 3 rings (SSSR count). The molecule has 0 radical (unpaired) electrons. The maximum Gasteiger partial charge on any atom is 0.225 e. The fraction of sp³-hybridized carbons (Fsp3) is 0.357. The summed E-state index contributed by atoms with van der Waals surface area (Å²) in [5.74, 6) is 2.87. The van der Waals surface area contributed by atoms with Gasteiger partial charge in [0.2, 0.25) is 11.8 Å². The number of anilines is 2. The van der Waals surface area contributed by atoms with Gasteiger partial charge in [-0.3, -0.25) is 0 Å². The molecule has 0 fully saturated rings. The van der Waals surface area contributed by atoms with Crippen LogP contribution in [0.5, 0.6) is 0 Å². The van der Waals surface area contributed by atoms with Crippen molar-refractivity contribution < 1.29 is 4.42 Å². The molecule has 0 aliphatic carbocycles. The van der Waals surface area contributed by atoms with Gasteiger partial charge in [-0.1, -0.05) is 6.92 Å². The molecule has 0 atom stereocenters. The fourth-order valence-corrected chi connectivity index (χ4v) is 3.00. The molecule has 0 amide bonds. The van der Waals surface area contributed by atoms with E-state index in [1.54, 1.807) is 17.5 Å². The number of fused-ring (bicyclic) bond motifs is 1. The molecule has 3 heterocycles. The number of oxazole rings is 1. The molecule has 3 aromatic heterocycles. The lowest BCUT2D eigenvalue weighted by molar-refractivity contribution is 0.479. The quantitative estimate of drug-likeness (QED) is 0.754. The van der Waals surface area contributed by atoms with Crippen LogP contribution in [0, 0.1) is 6.92 Å². The first-order valence-corrected chi connectivity index (χ1v) is 7.64. The molecule has 2 N–H and O–H groups in total. The summed E-state index contributed by atoms with van der Waals surface area (Å²) < 4.78 is 5.47. The molecule has 0 saturated carbocycles. The van der Waals surface area contributed by atoms with E-state index in [2.05, 4.69) is 38.6 Å². The number of rotatable bonds is 5. The first-order chi connectivity index (χ1) is 10.2. The van der Waals surface area contributed by atoms with Crippen molar-refractivity contribution >= 4 is 33.3 Å². The van der Waals surface area contributed by atoms with Gasteiger partial charge in [-0.05, 0) is 19.4 Å². The predicted octanol–water partition coefficient (Wildman–Crippen LogP) is 3.20. The van der Waals surface area contributed by atoms with Crippen molar-refractivity contribution in [1.82, 2.24) is 15.0 Å². The largest absolute Gasteiger partial charge is 0.444 e. The Hall–Kier alpha value is -2.15. The summed E-state index contributed by atoms with van der Waals surface area (Å²) >= 11 is 1.70. The Balaban J connectivity index is 1.93. The highest BCUT2D eigenvalue weighted by atomic mass is 32.1. The minimum atomic E-state index is 0.500. The number of thiophene rings is 1. The third-order valence-electron chi connectivity index (χ3n) is 3.09. The van der Waals surface area contributed by atoms with E-state index >= 15 is 0 Å². The predicted molar refractivity (Wildman–Crippen MR) is 84.9 cm³/mol. The van der Waals surface area contributed by atoms with Crippen molar-refractivity contribution in [3.05, 3.63) is 28.8 Å². The van der Waals surface area contributed by atoms with Gasteiger partial charge >= 0.3 is 0 Å². The molecule has 0 spiro atoms. The lowest BCUT2D eigenvalue weighted by Gasteiger charge is -2.06. The minimum Gasteiger partial charge on any atom is -0.444 e. The van der Waals surface area contributed by atoms with Crippen LogP contribution >= 0.6 is 11.3 Å². The van der Waals surface area contributed by atoms with E-state index in [1.165, 1.54) is 4.88 Å². The Morgan fingerprint density at radius 1 is 1.33 bits per heavy atom. The van der Waals surface area contributed by atoms with E-state index in [0.717, 1.165) is 28.2 Å². The summed E-state index contributed by atoms with van der Waals surface area (Å²) in [7, 11) is 1.82. The second-order valence-corrected chi connectivity index (χ2v) is 5.76. The maximum atomic E-state index is 5.47. The summed E-state index contributed by atoms with van der Waals surface area (Å²) in [6.45, 7) is 4.52. The highest BCUT2D eigenvalue weighted by molar-refractivity contribution is 7.18. The van der Waals surface area contributed by atoms with E-state index in [1.807, 2.05) is 14.0 Å².